The molecule has 0 bridgehead atoms. The fourth-order valence-corrected chi connectivity index (χ4v) is 5.80. The van der Waals surface area contributed by atoms with Crippen LogP contribution in [-0.2, 0) is 0 Å². The van der Waals surface area contributed by atoms with Gasteiger partial charge in [-0.25, -0.2) is 0 Å². The van der Waals surface area contributed by atoms with Gasteiger partial charge in [-0.15, -0.1) is 11.3 Å². The Balaban J connectivity index is 2.32. The van der Waals surface area contributed by atoms with Crippen LogP contribution in [0.1, 0.15) is 44.2 Å². The van der Waals surface area contributed by atoms with Crippen molar-refractivity contribution in [2.75, 3.05) is 7.05 Å². The Kier molecular flexibility index (Phi) is 4.15. The van der Waals surface area contributed by atoms with Crippen LogP contribution in [0.5, 0.6) is 0 Å². The molecule has 16 heavy (non-hydrogen) atoms. The van der Waals surface area contributed by atoms with E-state index in [0.29, 0.717) is 11.5 Å². The van der Waals surface area contributed by atoms with Gasteiger partial charge in [0.05, 0.1) is 7.57 Å². The molecule has 1 heterocycles. The molecule has 0 radical (unpaired) electrons. The highest BCUT2D eigenvalue weighted by atomic mass is 79.9. The van der Waals surface area contributed by atoms with Crippen LogP contribution in [0.4, 0.5) is 0 Å². The summed E-state index contributed by atoms with van der Waals surface area (Å²) < 4.78 is 2.46. The summed E-state index contributed by atoms with van der Waals surface area (Å²) in [5, 5.41) is 3.51. The van der Waals surface area contributed by atoms with E-state index in [0.717, 1.165) is 0 Å². The lowest BCUT2D eigenvalue weighted by Crippen LogP contribution is -2.32. The second kappa shape index (κ2) is 5.09. The molecule has 2 rings (SSSR count). The van der Waals surface area contributed by atoms with Gasteiger partial charge >= 0.3 is 0 Å². The topological polar surface area (TPSA) is 12.0 Å². The molecule has 1 N–H and O–H groups in total. The van der Waals surface area contributed by atoms with E-state index in [-0.39, 0.29) is 0 Å². The van der Waals surface area contributed by atoms with Gasteiger partial charge in [-0.2, -0.15) is 0 Å². The first kappa shape index (κ1) is 13.1. The van der Waals surface area contributed by atoms with Gasteiger partial charge in [0.15, 0.2) is 0 Å². The van der Waals surface area contributed by atoms with Crippen molar-refractivity contribution >= 4 is 43.2 Å². The molecular weight excluding hydrogens is 350 g/mol. The number of rotatable bonds is 3. The predicted octanol–water partition coefficient (Wildman–Crippen LogP) is 5.11. The van der Waals surface area contributed by atoms with E-state index in [9.17, 15) is 0 Å². The van der Waals surface area contributed by atoms with E-state index < -0.39 is 0 Å². The average Bonchev–Trinajstić information content (AvgIpc) is 2.76. The zero-order chi connectivity index (χ0) is 11.8. The quantitative estimate of drug-likeness (QED) is 0.783. The van der Waals surface area contributed by atoms with Gasteiger partial charge in [0.2, 0.25) is 0 Å². The summed E-state index contributed by atoms with van der Waals surface area (Å²) in [6.45, 7) is 2.42. The van der Waals surface area contributed by atoms with E-state index in [1.165, 1.54) is 38.8 Å². The Labute approximate surface area is 118 Å². The van der Waals surface area contributed by atoms with Crippen LogP contribution in [0.25, 0.3) is 0 Å². The Morgan fingerprint density at radius 1 is 1.38 bits per heavy atom. The zero-order valence-electron chi connectivity index (χ0n) is 9.65. The standard InChI is InChI=1S/C12H17Br2NS/c1-12(5-3-4-6-12)10(15-2)8-7-9(13)16-11(8)14/h7,10,15H,3-6H2,1-2H3. The summed E-state index contributed by atoms with van der Waals surface area (Å²) in [6.07, 6.45) is 5.41. The number of hydrogen-bond acceptors (Lipinski definition) is 2. The van der Waals surface area contributed by atoms with Crippen molar-refractivity contribution in [1.82, 2.24) is 5.32 Å². The second-order valence-corrected chi connectivity index (χ2v) is 8.61. The van der Waals surface area contributed by atoms with Gasteiger partial charge in [0.1, 0.15) is 0 Å². The van der Waals surface area contributed by atoms with Crippen molar-refractivity contribution in [1.29, 1.82) is 0 Å². The molecule has 0 spiro atoms. The first-order valence-corrected chi connectivity index (χ1v) is 8.09. The third kappa shape index (κ3) is 2.40. The monoisotopic (exact) mass is 365 g/mol. The van der Waals surface area contributed by atoms with Crippen molar-refractivity contribution < 1.29 is 0 Å². The lowest BCUT2D eigenvalue weighted by molar-refractivity contribution is 0.233. The van der Waals surface area contributed by atoms with E-state index >= 15 is 0 Å². The van der Waals surface area contributed by atoms with E-state index in [1.807, 2.05) is 0 Å². The van der Waals surface area contributed by atoms with Crippen molar-refractivity contribution in [3.05, 3.63) is 19.2 Å². The highest BCUT2D eigenvalue weighted by molar-refractivity contribution is 9.12. The molecule has 0 aromatic carbocycles. The first-order chi connectivity index (χ1) is 7.57. The van der Waals surface area contributed by atoms with Crippen LogP contribution in [-0.4, -0.2) is 7.05 Å². The van der Waals surface area contributed by atoms with Gasteiger partial charge in [-0.3, -0.25) is 0 Å². The number of hydrogen-bond donors (Lipinski definition) is 1. The summed E-state index contributed by atoms with van der Waals surface area (Å²) in [7, 11) is 2.08. The second-order valence-electron chi connectivity index (χ2n) is 4.86. The molecule has 4 heteroatoms. The highest BCUT2D eigenvalue weighted by Crippen LogP contribution is 2.50. The molecule has 1 saturated carbocycles. The molecule has 1 aliphatic carbocycles. The maximum absolute atomic E-state index is 3.68. The Morgan fingerprint density at radius 2 is 2.00 bits per heavy atom. The normalized spacial score (nSPS) is 21.2. The minimum absolute atomic E-state index is 0.414. The molecule has 1 unspecified atom stereocenters. The summed E-state index contributed by atoms with van der Waals surface area (Å²) in [5.41, 5.74) is 1.82. The van der Waals surface area contributed by atoms with Crippen molar-refractivity contribution in [3.8, 4) is 0 Å². The van der Waals surface area contributed by atoms with Crippen LogP contribution in [0, 0.1) is 5.41 Å². The minimum Gasteiger partial charge on any atom is -0.312 e. The maximum atomic E-state index is 3.68. The summed E-state index contributed by atoms with van der Waals surface area (Å²) in [6, 6.07) is 2.71. The Bertz CT molecular complexity index is 369. The van der Waals surface area contributed by atoms with Crippen LogP contribution < -0.4 is 5.32 Å². The summed E-state index contributed by atoms with van der Waals surface area (Å²) in [4.78, 5) is 0. The van der Waals surface area contributed by atoms with Gasteiger partial charge in [-0.05, 0) is 68.8 Å². The molecule has 1 aliphatic rings. The smallest absolute Gasteiger partial charge is 0.0758 e. The fourth-order valence-electron chi connectivity index (χ4n) is 2.90. The van der Waals surface area contributed by atoms with Gasteiger partial charge < -0.3 is 5.32 Å². The van der Waals surface area contributed by atoms with Crippen LogP contribution in [0.2, 0.25) is 0 Å². The largest absolute Gasteiger partial charge is 0.312 e. The maximum Gasteiger partial charge on any atom is 0.0758 e. The SMILES string of the molecule is CNC(c1cc(Br)sc1Br)C1(C)CCCC1. The predicted molar refractivity (Wildman–Crippen MR) is 78.1 cm³/mol. The molecule has 90 valence electrons. The van der Waals surface area contributed by atoms with Crippen LogP contribution in [0.15, 0.2) is 13.6 Å². The zero-order valence-corrected chi connectivity index (χ0v) is 13.6. The molecule has 0 aliphatic heterocycles. The molecule has 0 amide bonds. The molecular formula is C12H17Br2NS. The third-order valence-corrected chi connectivity index (χ3v) is 6.11. The lowest BCUT2D eigenvalue weighted by Gasteiger charge is -2.34. The summed E-state index contributed by atoms with van der Waals surface area (Å²) in [5.74, 6) is 0. The number of nitrogens with one attached hydrogen (secondary N) is 1. The highest BCUT2D eigenvalue weighted by Gasteiger charge is 2.38. The summed E-state index contributed by atoms with van der Waals surface area (Å²) >= 11 is 9.01. The van der Waals surface area contributed by atoms with Crippen LogP contribution >= 0.6 is 43.2 Å². The van der Waals surface area contributed by atoms with Crippen molar-refractivity contribution in [2.24, 2.45) is 5.41 Å². The molecule has 1 aromatic heterocycles. The first-order valence-electron chi connectivity index (χ1n) is 5.69. The van der Waals surface area contributed by atoms with E-state index in [2.05, 4.69) is 57.2 Å². The lowest BCUT2D eigenvalue weighted by atomic mass is 9.78. The van der Waals surface area contributed by atoms with Gasteiger partial charge in [0.25, 0.3) is 0 Å². The van der Waals surface area contributed by atoms with Crippen molar-refractivity contribution in [3.63, 3.8) is 0 Å². The number of thiophene rings is 1. The molecule has 1 fully saturated rings. The molecule has 1 atom stereocenters. The molecule has 1 nitrogen and oxygen atoms in total. The van der Waals surface area contributed by atoms with E-state index in [4.69, 9.17) is 0 Å². The number of halogens is 2. The van der Waals surface area contributed by atoms with Crippen LogP contribution in [0.3, 0.4) is 0 Å². The Morgan fingerprint density at radius 3 is 2.44 bits per heavy atom. The fraction of sp³-hybridized carbons (Fsp3) is 0.667. The third-order valence-electron chi connectivity index (χ3n) is 3.73. The molecule has 1 aromatic rings. The minimum atomic E-state index is 0.414. The molecule has 0 saturated heterocycles. The van der Waals surface area contributed by atoms with Gasteiger partial charge in [0, 0.05) is 6.04 Å². The van der Waals surface area contributed by atoms with Crippen molar-refractivity contribution in [2.45, 2.75) is 38.6 Å². The van der Waals surface area contributed by atoms with E-state index in [1.54, 1.807) is 11.3 Å². The average molecular weight is 367 g/mol. The van der Waals surface area contributed by atoms with Gasteiger partial charge in [-0.1, -0.05) is 19.8 Å². The Hall–Kier alpha value is 0.620.